The first kappa shape index (κ1) is 22.1. The molecule has 0 amide bonds. The van der Waals surface area contributed by atoms with Gasteiger partial charge < -0.3 is 14.7 Å². The van der Waals surface area contributed by atoms with Crippen molar-refractivity contribution < 1.29 is 9.84 Å². The average molecular weight is 447 g/mol. The summed E-state index contributed by atoms with van der Waals surface area (Å²) in [5, 5.41) is 10.4. The van der Waals surface area contributed by atoms with Crippen molar-refractivity contribution in [2.24, 2.45) is 0 Å². The van der Waals surface area contributed by atoms with Crippen molar-refractivity contribution >= 4 is 16.7 Å². The molecular weight excluding hydrogens is 412 g/mol. The number of para-hydroxylation sites is 1. The summed E-state index contributed by atoms with van der Waals surface area (Å²) in [6, 6.07) is 15.0. The molecule has 174 valence electrons. The summed E-state index contributed by atoms with van der Waals surface area (Å²) in [5.74, 6) is 4.13. The highest BCUT2D eigenvalue weighted by atomic mass is 16.5. The molecule has 5 rings (SSSR count). The van der Waals surface area contributed by atoms with Crippen LogP contribution in [0.25, 0.3) is 10.9 Å². The number of piperidine rings is 1. The van der Waals surface area contributed by atoms with E-state index in [4.69, 9.17) is 14.7 Å². The summed E-state index contributed by atoms with van der Waals surface area (Å²) in [6.07, 6.45) is 4.57. The van der Waals surface area contributed by atoms with Gasteiger partial charge in [0.05, 0.1) is 19.2 Å². The monoisotopic (exact) mass is 446 g/mol. The summed E-state index contributed by atoms with van der Waals surface area (Å²) >= 11 is 0. The van der Waals surface area contributed by atoms with Crippen LogP contribution in [0.15, 0.2) is 42.5 Å². The third-order valence-electron chi connectivity index (χ3n) is 7.01. The molecule has 0 atom stereocenters. The number of ether oxygens (including phenoxy) is 1. The lowest BCUT2D eigenvalue weighted by Crippen LogP contribution is -2.34. The maximum Gasteiger partial charge on any atom is 0.140 e. The maximum atomic E-state index is 9.25. The van der Waals surface area contributed by atoms with Gasteiger partial charge in [-0.15, -0.1) is 0 Å². The minimum absolute atomic E-state index is 0.171. The molecule has 0 radical (unpaired) electrons. The summed E-state index contributed by atoms with van der Waals surface area (Å²) in [4.78, 5) is 14.6. The Morgan fingerprint density at radius 2 is 1.82 bits per heavy atom. The molecule has 1 aliphatic carbocycles. The average Bonchev–Trinajstić information content (AvgIpc) is 3.69. The van der Waals surface area contributed by atoms with Gasteiger partial charge in [0.15, 0.2) is 0 Å². The number of anilines is 1. The largest absolute Gasteiger partial charge is 0.496 e. The Morgan fingerprint density at radius 1 is 1.03 bits per heavy atom. The Morgan fingerprint density at radius 3 is 2.55 bits per heavy atom. The fraction of sp³-hybridized carbons (Fsp3) is 0.481. The summed E-state index contributed by atoms with van der Waals surface area (Å²) in [6.45, 7) is 3.60. The minimum atomic E-state index is 0.171. The number of benzene rings is 2. The van der Waals surface area contributed by atoms with Crippen molar-refractivity contribution in [3.05, 3.63) is 59.4 Å². The van der Waals surface area contributed by atoms with Gasteiger partial charge in [-0.2, -0.15) is 0 Å². The van der Waals surface area contributed by atoms with E-state index < -0.39 is 0 Å². The maximum absolute atomic E-state index is 9.25. The van der Waals surface area contributed by atoms with Gasteiger partial charge in [-0.3, -0.25) is 4.90 Å². The Labute approximate surface area is 196 Å². The molecule has 6 nitrogen and oxygen atoms in total. The van der Waals surface area contributed by atoms with Gasteiger partial charge in [0.25, 0.3) is 0 Å². The van der Waals surface area contributed by atoms with Gasteiger partial charge in [0.2, 0.25) is 0 Å². The predicted molar refractivity (Wildman–Crippen MR) is 132 cm³/mol. The molecule has 1 saturated carbocycles. The molecule has 33 heavy (non-hydrogen) atoms. The molecule has 0 bridgehead atoms. The van der Waals surface area contributed by atoms with Gasteiger partial charge in [-0.05, 0) is 68.0 Å². The molecule has 2 heterocycles. The van der Waals surface area contributed by atoms with Crippen LogP contribution in [-0.2, 0) is 6.54 Å². The highest BCUT2D eigenvalue weighted by Crippen LogP contribution is 2.41. The lowest BCUT2D eigenvalue weighted by atomic mass is 9.88. The highest BCUT2D eigenvalue weighted by molar-refractivity contribution is 5.90. The van der Waals surface area contributed by atoms with Gasteiger partial charge in [0.1, 0.15) is 17.4 Å². The van der Waals surface area contributed by atoms with Crippen molar-refractivity contribution in [3.63, 3.8) is 0 Å². The van der Waals surface area contributed by atoms with Gasteiger partial charge in [0, 0.05) is 37.5 Å². The van der Waals surface area contributed by atoms with E-state index >= 15 is 0 Å². The van der Waals surface area contributed by atoms with E-state index in [1.807, 2.05) is 13.1 Å². The van der Waals surface area contributed by atoms with Crippen LogP contribution in [0, 0.1) is 0 Å². The van der Waals surface area contributed by atoms with Crippen LogP contribution in [0.4, 0.5) is 5.82 Å². The second-order valence-corrected chi connectivity index (χ2v) is 9.50. The first-order valence-electron chi connectivity index (χ1n) is 12.1. The summed E-state index contributed by atoms with van der Waals surface area (Å²) in [5.41, 5.74) is 3.59. The fourth-order valence-electron chi connectivity index (χ4n) is 5.01. The quantitative estimate of drug-likeness (QED) is 0.556. The Kier molecular flexibility index (Phi) is 6.47. The van der Waals surface area contributed by atoms with Crippen LogP contribution in [0.1, 0.15) is 54.5 Å². The first-order chi connectivity index (χ1) is 16.2. The third kappa shape index (κ3) is 4.82. The van der Waals surface area contributed by atoms with E-state index in [-0.39, 0.29) is 6.61 Å². The lowest BCUT2D eigenvalue weighted by molar-refractivity contribution is 0.217. The van der Waals surface area contributed by atoms with Crippen LogP contribution >= 0.6 is 0 Å². The van der Waals surface area contributed by atoms with Crippen LogP contribution in [-0.4, -0.2) is 60.4 Å². The minimum Gasteiger partial charge on any atom is -0.496 e. The summed E-state index contributed by atoms with van der Waals surface area (Å²) in [7, 11) is 3.80. The van der Waals surface area contributed by atoms with Crippen molar-refractivity contribution in [3.8, 4) is 5.75 Å². The zero-order valence-corrected chi connectivity index (χ0v) is 19.7. The molecule has 1 aromatic heterocycles. The standard InChI is InChI=1S/C27H34N4O2/c1-30(15-16-32)18-19-7-10-24-23(17-19)27(29-26(28-24)21-8-9-21)31-13-11-20(12-14-31)22-5-3-4-6-25(22)33-2/h3-7,10,17,20-21,32H,8-9,11-16,18H2,1-2H3. The number of aliphatic hydroxyl groups excluding tert-OH is 1. The van der Waals surface area contributed by atoms with Crippen LogP contribution < -0.4 is 9.64 Å². The number of hydrogen-bond acceptors (Lipinski definition) is 6. The first-order valence-corrected chi connectivity index (χ1v) is 12.1. The fourth-order valence-corrected chi connectivity index (χ4v) is 5.01. The molecule has 0 unspecified atom stereocenters. The van der Waals surface area contributed by atoms with E-state index in [0.717, 1.165) is 60.8 Å². The molecular formula is C27H34N4O2. The van der Waals surface area contributed by atoms with Crippen LogP contribution in [0.2, 0.25) is 0 Å². The Hall–Kier alpha value is -2.70. The van der Waals surface area contributed by atoms with Crippen LogP contribution in [0.3, 0.4) is 0 Å². The van der Waals surface area contributed by atoms with Crippen molar-refractivity contribution in [2.75, 3.05) is 45.3 Å². The van der Waals surface area contributed by atoms with Gasteiger partial charge in [-0.25, -0.2) is 9.97 Å². The van der Waals surface area contributed by atoms with E-state index in [0.29, 0.717) is 18.4 Å². The summed E-state index contributed by atoms with van der Waals surface area (Å²) < 4.78 is 5.62. The smallest absolute Gasteiger partial charge is 0.140 e. The lowest BCUT2D eigenvalue weighted by Gasteiger charge is -2.34. The molecule has 1 aliphatic heterocycles. The number of likely N-dealkylation sites (N-methyl/N-ethyl adjacent to an activating group) is 1. The molecule has 2 aliphatic rings. The zero-order chi connectivity index (χ0) is 22.8. The third-order valence-corrected chi connectivity index (χ3v) is 7.01. The topological polar surface area (TPSA) is 61.7 Å². The van der Waals surface area contributed by atoms with Crippen molar-refractivity contribution in [2.45, 2.75) is 44.1 Å². The number of hydrogen-bond donors (Lipinski definition) is 1. The van der Waals surface area contributed by atoms with Crippen molar-refractivity contribution in [1.82, 2.24) is 14.9 Å². The molecule has 0 spiro atoms. The van der Waals surface area contributed by atoms with Gasteiger partial charge in [-0.1, -0.05) is 24.3 Å². The second kappa shape index (κ2) is 9.65. The molecule has 1 N–H and O–H groups in total. The number of methoxy groups -OCH3 is 1. The normalized spacial score (nSPS) is 17.2. The number of aliphatic hydroxyl groups is 1. The molecule has 6 heteroatoms. The molecule has 1 saturated heterocycles. The van der Waals surface area contributed by atoms with Gasteiger partial charge >= 0.3 is 0 Å². The predicted octanol–water partition coefficient (Wildman–Crippen LogP) is 4.32. The van der Waals surface area contributed by atoms with E-state index in [1.54, 1.807) is 7.11 Å². The number of rotatable bonds is 8. The Bertz CT molecular complexity index is 1110. The van der Waals surface area contributed by atoms with Crippen molar-refractivity contribution in [1.29, 1.82) is 0 Å². The van der Waals surface area contributed by atoms with E-state index in [9.17, 15) is 5.11 Å². The molecule has 3 aromatic rings. The molecule has 2 fully saturated rings. The number of aromatic nitrogens is 2. The molecule has 2 aromatic carbocycles. The zero-order valence-electron chi connectivity index (χ0n) is 19.7. The Balaban J connectivity index is 1.42. The van der Waals surface area contributed by atoms with Crippen LogP contribution in [0.5, 0.6) is 5.75 Å². The number of fused-ring (bicyclic) bond motifs is 1. The highest BCUT2D eigenvalue weighted by Gasteiger charge is 2.30. The van der Waals surface area contributed by atoms with E-state index in [2.05, 4.69) is 46.2 Å². The SMILES string of the molecule is COc1ccccc1C1CCN(c2nc(C3CC3)nc3ccc(CN(C)CCO)cc23)CC1. The number of nitrogens with zero attached hydrogens (tertiary/aromatic N) is 4. The second-order valence-electron chi connectivity index (χ2n) is 9.50. The van der Waals surface area contributed by atoms with E-state index in [1.165, 1.54) is 24.0 Å².